The van der Waals surface area contributed by atoms with Gasteiger partial charge in [0.15, 0.2) is 36.2 Å². The number of esters is 2. The highest BCUT2D eigenvalue weighted by molar-refractivity contribution is 9.09. The van der Waals surface area contributed by atoms with Crippen LogP contribution in [-0.2, 0) is 95.4 Å². The Morgan fingerprint density at radius 2 is 1.12 bits per heavy atom. The summed E-state index contributed by atoms with van der Waals surface area (Å²) in [6.45, 7) is 4.47. The van der Waals surface area contributed by atoms with Gasteiger partial charge in [-0.3, -0.25) is 28.9 Å². The van der Waals surface area contributed by atoms with E-state index in [1.807, 2.05) is 13.0 Å². The van der Waals surface area contributed by atoms with Crippen molar-refractivity contribution in [3.63, 3.8) is 0 Å². The third-order valence-electron chi connectivity index (χ3n) is 19.6. The van der Waals surface area contributed by atoms with Gasteiger partial charge in [-0.1, -0.05) is 108 Å². The number of carbonyl (C=O) groups is 7. The minimum atomic E-state index is -2.36. The van der Waals surface area contributed by atoms with Gasteiger partial charge in [0.05, 0.1) is 174 Å². The summed E-state index contributed by atoms with van der Waals surface area (Å²) in [6, 6.07) is 19.2. The molecule has 3 fully saturated rings. The van der Waals surface area contributed by atoms with E-state index in [9.17, 15) is 48.9 Å². The van der Waals surface area contributed by atoms with Crippen LogP contribution in [0.2, 0.25) is 0 Å². The number of aromatic nitrogens is 6. The molecule has 35 heteroatoms. The van der Waals surface area contributed by atoms with Crippen LogP contribution in [0.3, 0.4) is 0 Å². The van der Waals surface area contributed by atoms with Gasteiger partial charge in [0.1, 0.15) is 29.0 Å². The number of methoxy groups -OCH3 is 2. The molecule has 0 radical (unpaired) electrons. The fraction of sp³-hybridized carbons (Fsp3) is 0.442. The van der Waals surface area contributed by atoms with Crippen LogP contribution in [0.1, 0.15) is 153 Å². The van der Waals surface area contributed by atoms with Crippen molar-refractivity contribution in [3.05, 3.63) is 157 Å². The number of ether oxygens (including phenoxy) is 11. The highest BCUT2D eigenvalue weighted by Crippen LogP contribution is 2.53. The van der Waals surface area contributed by atoms with E-state index in [-0.39, 0.29) is 83.6 Å². The van der Waals surface area contributed by atoms with Crippen molar-refractivity contribution in [3.8, 4) is 17.2 Å². The van der Waals surface area contributed by atoms with Gasteiger partial charge in [0.2, 0.25) is 5.78 Å². The van der Waals surface area contributed by atoms with Crippen molar-refractivity contribution in [2.45, 2.75) is 126 Å². The molecule has 8 atom stereocenters. The molecule has 0 spiro atoms. The number of carbonyl (C=O) groups excluding carboxylic acids is 7. The number of phenols is 2. The van der Waals surface area contributed by atoms with Crippen LogP contribution in [0.25, 0.3) is 33.1 Å². The molecule has 5 aliphatic rings. The number of halogens is 6. The molecule has 5 aromatic carbocycles. The molecule has 8 aromatic rings. The zero-order chi connectivity index (χ0) is 79.5. The topological polar surface area (TPSA) is 374 Å². The molecule has 6 heterocycles. The maximum Gasteiger partial charge on any atom is 0.346 e. The van der Waals surface area contributed by atoms with Gasteiger partial charge in [0, 0.05) is 113 Å². The summed E-state index contributed by atoms with van der Waals surface area (Å²) in [6.07, 6.45) is -4.55. The molecular weight excluding hydrogens is 1850 g/mol. The fourth-order valence-electron chi connectivity index (χ4n) is 14.0. The zero-order valence-corrected chi connectivity index (χ0v) is 70.3. The molecule has 29 nitrogen and oxygen atoms in total. The van der Waals surface area contributed by atoms with Gasteiger partial charge in [-0.25, -0.2) is 39.5 Å². The molecule has 13 rings (SSSR count). The zero-order valence-electron chi connectivity index (χ0n) is 60.8. The summed E-state index contributed by atoms with van der Waals surface area (Å²) in [5, 5.41) is 42.2. The molecule has 0 saturated carbocycles. The molecule has 3 aromatic heterocycles. The average molecular weight is 1930 g/mol. The summed E-state index contributed by atoms with van der Waals surface area (Å²) >= 11 is 20.5. The Bertz CT molecular complexity index is 4790. The van der Waals surface area contributed by atoms with Gasteiger partial charge < -0.3 is 72.7 Å². The Morgan fingerprint density at radius 1 is 0.607 bits per heavy atom. The van der Waals surface area contributed by atoms with E-state index in [1.165, 1.54) is 32.4 Å². The van der Waals surface area contributed by atoms with E-state index >= 15 is 0 Å². The predicted molar refractivity (Wildman–Crippen MR) is 425 cm³/mol. The lowest BCUT2D eigenvalue weighted by Crippen LogP contribution is -2.55. The van der Waals surface area contributed by atoms with Gasteiger partial charge in [-0.15, -0.1) is 0 Å². The molecule has 112 heavy (non-hydrogen) atoms. The number of benzene rings is 5. The highest BCUT2D eigenvalue weighted by atomic mass is 79.9. The van der Waals surface area contributed by atoms with Crippen molar-refractivity contribution < 1.29 is 101 Å². The molecule has 0 unspecified atom stereocenters. The third-order valence-corrected chi connectivity index (χ3v) is 22.8. The first-order valence-corrected chi connectivity index (χ1v) is 42.5. The summed E-state index contributed by atoms with van der Waals surface area (Å²) in [5.41, 5.74) is 5.85. The maximum absolute atomic E-state index is 14.2. The van der Waals surface area contributed by atoms with Crippen LogP contribution >= 0.6 is 95.6 Å². The molecule has 4 N–H and O–H groups in total. The van der Waals surface area contributed by atoms with E-state index in [1.54, 1.807) is 48.5 Å². The fourth-order valence-corrected chi connectivity index (χ4v) is 16.7. The Balaban J connectivity index is 0.000000293. The van der Waals surface area contributed by atoms with E-state index in [0.29, 0.717) is 124 Å². The first kappa shape index (κ1) is 84.6. The van der Waals surface area contributed by atoms with Crippen LogP contribution in [0, 0.1) is 0 Å². The number of phenolic OH excluding ortho intramolecular Hbond substituents is 2. The van der Waals surface area contributed by atoms with E-state index in [0.717, 1.165) is 39.7 Å². The van der Waals surface area contributed by atoms with Crippen LogP contribution in [0.4, 0.5) is 0 Å². The summed E-state index contributed by atoms with van der Waals surface area (Å²) in [5.74, 6) is -5.76. The second kappa shape index (κ2) is 38.8. The Hall–Kier alpha value is -6.75. The minimum absolute atomic E-state index is 0.00529. The molecule has 3 aliphatic heterocycles. The van der Waals surface area contributed by atoms with Gasteiger partial charge in [-0.05, 0) is 74.0 Å². The molecule has 594 valence electrons. The van der Waals surface area contributed by atoms with Crippen molar-refractivity contribution in [2.24, 2.45) is 0 Å². The van der Waals surface area contributed by atoms with Crippen LogP contribution < -0.4 is 10.1 Å². The van der Waals surface area contributed by atoms with E-state index < -0.39 is 120 Å². The number of fused-ring (bicyclic) bond motifs is 9. The minimum Gasteiger partial charge on any atom is -0.507 e. The number of nitrogens with zero attached hydrogens (tertiary/aromatic N) is 7. The average Bonchev–Trinajstić information content (AvgIpc) is 0.804. The predicted octanol–water partition coefficient (Wildman–Crippen LogP) is 10.8. The molecule has 0 bridgehead atoms. The van der Waals surface area contributed by atoms with Crippen molar-refractivity contribution in [1.29, 1.82) is 0 Å². The second-order valence-corrected chi connectivity index (χ2v) is 29.9. The summed E-state index contributed by atoms with van der Waals surface area (Å²) in [4.78, 5) is 123. The van der Waals surface area contributed by atoms with Gasteiger partial charge in [0.25, 0.3) is 5.91 Å². The number of hydrogen-bond acceptors (Lipinski definition) is 28. The van der Waals surface area contributed by atoms with E-state index in [2.05, 4.69) is 136 Å². The lowest BCUT2D eigenvalue weighted by atomic mass is 9.72. The van der Waals surface area contributed by atoms with Crippen LogP contribution in [-0.4, -0.2) is 221 Å². The molecular formula is C77H78Br6N8O21. The third kappa shape index (κ3) is 18.9. The number of Topliss-reactive ketones (excluding diaryl/α,β-unsaturated/α-hetero) is 2. The Morgan fingerprint density at radius 3 is 1.65 bits per heavy atom. The van der Waals surface area contributed by atoms with Crippen LogP contribution in [0.15, 0.2) is 72.8 Å². The number of morpholine rings is 1. The second-order valence-electron chi connectivity index (χ2n) is 26.6. The first-order chi connectivity index (χ1) is 54.2. The quantitative estimate of drug-likeness (QED) is 0.00760. The van der Waals surface area contributed by atoms with Crippen molar-refractivity contribution >= 4 is 170 Å². The number of amides is 1. The number of aromatic hydroxyl groups is 2. The Labute approximate surface area is 692 Å². The molecule has 1 amide bonds. The number of ketones is 4. The monoisotopic (exact) mass is 1920 g/mol. The van der Waals surface area contributed by atoms with E-state index in [4.69, 9.17) is 52.1 Å². The summed E-state index contributed by atoms with van der Waals surface area (Å²) in [7, 11) is 2.86. The summed E-state index contributed by atoms with van der Waals surface area (Å²) < 4.78 is 63.4. The SMILES string of the molecule is COc1cccc2c1C(=O)c1c(O)c3c(c(O)c1C2=O)C[C@@](O)(C(=O)NCC(=O)CCOCCOCCOCCOCCCC(=O)c1ccc2nc(CBr)c(CBr)nc2c1)C[C@@H]3O[C@H]1C[C@H]2[C@H](O[C@@H]3[C@@H](OC)OCCN32)[C@H](C)O1.O=C(OC(=O)c1ccc2nc(CBr)c(CBr)nc2c1)c1ccc2nc(CBr)c(CBr)nc2c1. The Kier molecular flexibility index (Phi) is 29.3. The number of rotatable bonds is 32. The van der Waals surface area contributed by atoms with Gasteiger partial charge >= 0.3 is 11.9 Å². The van der Waals surface area contributed by atoms with Crippen LogP contribution in [0.5, 0.6) is 17.2 Å². The largest absolute Gasteiger partial charge is 0.507 e. The number of hydrogen-bond donors (Lipinski definition) is 4. The first-order valence-electron chi connectivity index (χ1n) is 35.8. The van der Waals surface area contributed by atoms with Gasteiger partial charge in [-0.2, -0.15) is 0 Å². The molecule has 3 saturated heterocycles. The maximum atomic E-state index is 14.2. The lowest BCUT2D eigenvalue weighted by molar-refractivity contribution is -0.256. The molecule has 2 aliphatic carbocycles. The number of nitrogens with one attached hydrogen (secondary N) is 1. The standard InChI is InChI=1S/C55H64Br2N4O18.C22H14Br4N4O3/c1-29-51-38(61-12-15-76-53(71-3)52(61)79-51)23-42(77-29)78-41-25-55(69,24-33-44(41)50(67)46-45(48(33)65)47(64)32-6-4-8-40(70-2)43(32)49(46)66)54(68)58-28-31(62)11-14-73-17-19-75-21-20-74-18-16-72-13-5-7-39(63)30-9-10-34-35(22-30)60-37(27-57)36(26-56)59-34;23-7-17-19(9-25)29-15-5-11(1-3-13(15)27-17)21(31)33-22(32)12-2-4-14-16(6-12)30-20(10-26)18(8-24)28-14/h4,6,8-10,22,29,38,41-42,51-53,65,67,69H,5,7,11-21,23-28H2,1-3H3,(H,58,68);1-6H,7-10H2/t29-,38-,41-,42-,51+,52+,53-,55-;/m0./s1. The van der Waals surface area contributed by atoms with Crippen molar-refractivity contribution in [2.75, 3.05) is 86.8 Å². The highest BCUT2D eigenvalue weighted by Gasteiger charge is 2.55. The smallest absolute Gasteiger partial charge is 0.346 e. The normalized spacial score (nSPS) is 20.5. The number of aliphatic hydroxyl groups is 1. The number of alkyl halides is 6. The lowest BCUT2D eigenvalue weighted by Gasteiger charge is -2.43. The van der Waals surface area contributed by atoms with Crippen molar-refractivity contribution in [1.82, 2.24) is 40.1 Å².